The van der Waals surface area contributed by atoms with E-state index in [0.717, 1.165) is 29.8 Å². The van der Waals surface area contributed by atoms with E-state index in [0.29, 0.717) is 6.54 Å². The van der Waals surface area contributed by atoms with Crippen molar-refractivity contribution in [3.8, 4) is 0 Å². The molecule has 138 valence electrons. The molecule has 1 N–H and O–H groups in total. The standard InChI is InChI=1S/C18H24N6O2/c1-11-15(9-20-23(11)3)17-14(8-16(25)24(17)13-4-5-13)18(26)22(2)10-12-6-7-19-21-12/h6-7,9,13-14,17H,4-5,8,10H2,1-3H3,(H,19,21)/t14-,17-/m0/s1. The minimum Gasteiger partial charge on any atom is -0.340 e. The maximum atomic E-state index is 13.2. The third-order valence-corrected chi connectivity index (χ3v) is 5.55. The summed E-state index contributed by atoms with van der Waals surface area (Å²) in [7, 11) is 3.67. The number of hydrogen-bond donors (Lipinski definition) is 1. The Morgan fingerprint density at radius 2 is 2.19 bits per heavy atom. The Morgan fingerprint density at radius 3 is 2.77 bits per heavy atom. The average Bonchev–Trinajstić information content (AvgIpc) is 3.06. The van der Waals surface area contributed by atoms with E-state index in [1.165, 1.54) is 0 Å². The molecule has 4 rings (SSSR count). The lowest BCUT2D eigenvalue weighted by molar-refractivity contribution is -0.135. The van der Waals surface area contributed by atoms with E-state index in [9.17, 15) is 9.59 Å². The summed E-state index contributed by atoms with van der Waals surface area (Å²) < 4.78 is 1.80. The second kappa shape index (κ2) is 6.26. The van der Waals surface area contributed by atoms with E-state index in [4.69, 9.17) is 0 Å². The van der Waals surface area contributed by atoms with Crippen molar-refractivity contribution in [2.24, 2.45) is 13.0 Å². The number of hydrogen-bond acceptors (Lipinski definition) is 4. The predicted molar refractivity (Wildman–Crippen MR) is 93.7 cm³/mol. The van der Waals surface area contributed by atoms with Crippen molar-refractivity contribution < 1.29 is 9.59 Å². The molecule has 0 bridgehead atoms. The van der Waals surface area contributed by atoms with Crippen molar-refractivity contribution in [2.75, 3.05) is 7.05 Å². The number of nitrogens with zero attached hydrogens (tertiary/aromatic N) is 5. The van der Waals surface area contributed by atoms with Crippen LogP contribution >= 0.6 is 0 Å². The molecule has 0 aromatic carbocycles. The lowest BCUT2D eigenvalue weighted by Gasteiger charge is -2.30. The van der Waals surface area contributed by atoms with Crippen molar-refractivity contribution >= 4 is 11.8 Å². The molecule has 0 unspecified atom stereocenters. The van der Waals surface area contributed by atoms with E-state index >= 15 is 0 Å². The van der Waals surface area contributed by atoms with Gasteiger partial charge in [0.25, 0.3) is 0 Å². The van der Waals surface area contributed by atoms with Gasteiger partial charge in [0, 0.05) is 44.0 Å². The monoisotopic (exact) mass is 356 g/mol. The topological polar surface area (TPSA) is 87.1 Å². The number of nitrogens with one attached hydrogen (secondary N) is 1. The zero-order chi connectivity index (χ0) is 18.4. The van der Waals surface area contributed by atoms with E-state index < -0.39 is 0 Å². The first-order valence-electron chi connectivity index (χ1n) is 9.00. The van der Waals surface area contributed by atoms with Crippen LogP contribution in [0.25, 0.3) is 0 Å². The molecule has 2 aromatic heterocycles. The molecule has 0 radical (unpaired) electrons. The molecule has 1 aliphatic carbocycles. The number of carbonyl (C=O) groups excluding carboxylic acids is 2. The number of amides is 2. The molecule has 1 saturated carbocycles. The highest BCUT2D eigenvalue weighted by atomic mass is 16.2. The number of aryl methyl sites for hydroxylation is 1. The summed E-state index contributed by atoms with van der Waals surface area (Å²) in [4.78, 5) is 29.5. The minimum atomic E-state index is -0.376. The fourth-order valence-corrected chi connectivity index (χ4v) is 3.92. The summed E-state index contributed by atoms with van der Waals surface area (Å²) >= 11 is 0. The van der Waals surface area contributed by atoms with Crippen LogP contribution in [0.3, 0.4) is 0 Å². The Hall–Kier alpha value is -2.64. The Morgan fingerprint density at radius 1 is 1.42 bits per heavy atom. The van der Waals surface area contributed by atoms with E-state index in [1.54, 1.807) is 22.8 Å². The Kier molecular flexibility index (Phi) is 4.05. The van der Waals surface area contributed by atoms with Gasteiger partial charge in [0.2, 0.25) is 11.8 Å². The zero-order valence-electron chi connectivity index (χ0n) is 15.3. The van der Waals surface area contributed by atoms with Crippen LogP contribution in [0.4, 0.5) is 0 Å². The second-order valence-corrected chi connectivity index (χ2v) is 7.37. The highest BCUT2D eigenvalue weighted by Crippen LogP contribution is 2.46. The van der Waals surface area contributed by atoms with Crippen molar-refractivity contribution in [1.29, 1.82) is 0 Å². The summed E-state index contributed by atoms with van der Waals surface area (Å²) in [6, 6.07) is 1.89. The predicted octanol–water partition coefficient (Wildman–Crippen LogP) is 1.16. The average molecular weight is 356 g/mol. The van der Waals surface area contributed by atoms with Gasteiger partial charge < -0.3 is 9.80 Å². The molecule has 0 spiro atoms. The molecule has 2 atom stereocenters. The maximum Gasteiger partial charge on any atom is 0.228 e. The summed E-state index contributed by atoms with van der Waals surface area (Å²) in [5.74, 6) is -0.308. The Bertz CT molecular complexity index is 823. The van der Waals surface area contributed by atoms with Gasteiger partial charge in [-0.15, -0.1) is 0 Å². The van der Waals surface area contributed by atoms with Crippen LogP contribution in [0.5, 0.6) is 0 Å². The van der Waals surface area contributed by atoms with Gasteiger partial charge in [0.15, 0.2) is 0 Å². The van der Waals surface area contributed by atoms with Crippen LogP contribution in [0.15, 0.2) is 18.5 Å². The van der Waals surface area contributed by atoms with Crippen molar-refractivity contribution in [2.45, 2.75) is 44.8 Å². The Balaban J connectivity index is 1.63. The molecule has 26 heavy (non-hydrogen) atoms. The highest BCUT2D eigenvalue weighted by Gasteiger charge is 2.51. The highest BCUT2D eigenvalue weighted by molar-refractivity contribution is 5.90. The molecular formula is C18H24N6O2. The summed E-state index contributed by atoms with van der Waals surface area (Å²) in [5, 5.41) is 11.1. The molecule has 3 heterocycles. The van der Waals surface area contributed by atoms with E-state index in [2.05, 4.69) is 15.3 Å². The van der Waals surface area contributed by atoms with Crippen LogP contribution in [0, 0.1) is 12.8 Å². The van der Waals surface area contributed by atoms with Gasteiger partial charge in [-0.25, -0.2) is 0 Å². The first kappa shape index (κ1) is 16.8. The van der Waals surface area contributed by atoms with E-state index in [1.807, 2.05) is 31.1 Å². The normalized spacial score (nSPS) is 22.9. The van der Waals surface area contributed by atoms with Gasteiger partial charge in [-0.05, 0) is 25.8 Å². The molecule has 2 aliphatic rings. The van der Waals surface area contributed by atoms with Crippen LogP contribution < -0.4 is 0 Å². The van der Waals surface area contributed by atoms with Gasteiger partial charge in [-0.2, -0.15) is 10.2 Å². The van der Waals surface area contributed by atoms with Crippen LogP contribution in [0.2, 0.25) is 0 Å². The van der Waals surface area contributed by atoms with Gasteiger partial charge in [0.1, 0.15) is 0 Å². The lowest BCUT2D eigenvalue weighted by Crippen LogP contribution is -2.37. The molecule has 1 saturated heterocycles. The zero-order valence-corrected chi connectivity index (χ0v) is 15.3. The number of aromatic amines is 1. The van der Waals surface area contributed by atoms with Crippen molar-refractivity contribution in [1.82, 2.24) is 29.8 Å². The summed E-state index contributed by atoms with van der Waals surface area (Å²) in [6.45, 7) is 2.44. The third kappa shape index (κ3) is 2.79. The number of likely N-dealkylation sites (tertiary alicyclic amines) is 1. The molecule has 2 amide bonds. The van der Waals surface area contributed by atoms with Gasteiger partial charge in [-0.3, -0.25) is 19.4 Å². The van der Waals surface area contributed by atoms with Gasteiger partial charge >= 0.3 is 0 Å². The molecule has 2 aromatic rings. The van der Waals surface area contributed by atoms with Gasteiger partial charge in [0.05, 0.1) is 30.4 Å². The number of rotatable bonds is 5. The molecule has 8 nitrogen and oxygen atoms in total. The third-order valence-electron chi connectivity index (χ3n) is 5.55. The number of H-pyrrole nitrogens is 1. The molecule has 2 fully saturated rings. The summed E-state index contributed by atoms with van der Waals surface area (Å²) in [5.41, 5.74) is 2.86. The first-order chi connectivity index (χ1) is 12.5. The second-order valence-electron chi connectivity index (χ2n) is 7.37. The number of aromatic nitrogens is 4. The first-order valence-corrected chi connectivity index (χ1v) is 9.00. The quantitative estimate of drug-likeness (QED) is 0.871. The van der Waals surface area contributed by atoms with Crippen LogP contribution in [-0.2, 0) is 23.2 Å². The SMILES string of the molecule is Cc1c([C@@H]2[C@@H](C(=O)N(C)Cc3ccn[nH]3)CC(=O)N2C2CC2)cnn1C. The number of carbonyl (C=O) groups is 2. The largest absolute Gasteiger partial charge is 0.340 e. The van der Waals surface area contributed by atoms with Crippen molar-refractivity contribution in [3.05, 3.63) is 35.4 Å². The lowest BCUT2D eigenvalue weighted by atomic mass is 9.92. The Labute approximate surface area is 152 Å². The maximum absolute atomic E-state index is 13.2. The smallest absolute Gasteiger partial charge is 0.228 e. The van der Waals surface area contributed by atoms with Gasteiger partial charge in [-0.1, -0.05) is 0 Å². The van der Waals surface area contributed by atoms with Crippen LogP contribution in [-0.4, -0.2) is 54.7 Å². The molecular weight excluding hydrogens is 332 g/mol. The van der Waals surface area contributed by atoms with Crippen LogP contribution in [0.1, 0.15) is 42.3 Å². The fraction of sp³-hybridized carbons (Fsp3) is 0.556. The summed E-state index contributed by atoms with van der Waals surface area (Å²) in [6.07, 6.45) is 5.78. The molecule has 8 heteroatoms. The minimum absolute atomic E-state index is 0.00986. The van der Waals surface area contributed by atoms with Crippen molar-refractivity contribution in [3.63, 3.8) is 0 Å². The molecule has 1 aliphatic heterocycles. The fourth-order valence-electron chi connectivity index (χ4n) is 3.92. The van der Waals surface area contributed by atoms with E-state index in [-0.39, 0.29) is 36.2 Å².